The van der Waals surface area contributed by atoms with Gasteiger partial charge in [0.15, 0.2) is 0 Å². The Morgan fingerprint density at radius 1 is 1.24 bits per heavy atom. The van der Waals surface area contributed by atoms with Crippen LogP contribution in [0.1, 0.15) is 16.8 Å². The lowest BCUT2D eigenvalue weighted by Crippen LogP contribution is -2.10. The number of aromatic nitrogens is 1. The van der Waals surface area contributed by atoms with E-state index in [0.717, 1.165) is 12.1 Å². The number of nitrogens with two attached hydrogens (primary N) is 1. The normalized spacial score (nSPS) is 11.2. The second-order valence-corrected chi connectivity index (χ2v) is 4.77. The predicted octanol–water partition coefficient (Wildman–Crippen LogP) is 3.84. The summed E-state index contributed by atoms with van der Waals surface area (Å²) >= 11 is 4.86. The summed E-state index contributed by atoms with van der Waals surface area (Å²) < 4.78 is 43.3. The maximum absolute atomic E-state index is 12.6. The molecule has 1 aromatic carbocycles. The highest BCUT2D eigenvalue weighted by Crippen LogP contribution is 2.32. The highest BCUT2D eigenvalue weighted by Gasteiger charge is 2.30. The minimum absolute atomic E-state index is 0.0387. The van der Waals surface area contributed by atoms with Crippen LogP contribution >= 0.6 is 12.2 Å². The molecule has 2 N–H and O–H groups in total. The average molecular weight is 312 g/mol. The zero-order valence-electron chi connectivity index (χ0n) is 10.9. The Balaban J connectivity index is 2.32. The fourth-order valence-electron chi connectivity index (χ4n) is 1.69. The van der Waals surface area contributed by atoms with Crippen molar-refractivity contribution in [2.45, 2.75) is 13.1 Å². The molecule has 0 aliphatic heterocycles. The number of alkyl halides is 3. The van der Waals surface area contributed by atoms with Gasteiger partial charge in [0, 0.05) is 17.3 Å². The molecule has 0 unspecified atom stereocenters. The molecule has 7 heteroatoms. The van der Waals surface area contributed by atoms with E-state index in [-0.39, 0.29) is 16.6 Å². The van der Waals surface area contributed by atoms with E-state index < -0.39 is 11.7 Å². The van der Waals surface area contributed by atoms with Crippen molar-refractivity contribution >= 4 is 17.2 Å². The molecule has 1 heterocycles. The summed E-state index contributed by atoms with van der Waals surface area (Å²) in [4.78, 5) is 4.25. The molecule has 110 valence electrons. The zero-order valence-corrected chi connectivity index (χ0v) is 11.8. The molecule has 0 radical (unpaired) electrons. The summed E-state index contributed by atoms with van der Waals surface area (Å²) in [7, 11) is 0. The van der Waals surface area contributed by atoms with Crippen LogP contribution in [-0.4, -0.2) is 9.97 Å². The van der Waals surface area contributed by atoms with Gasteiger partial charge in [-0.2, -0.15) is 13.2 Å². The number of benzene rings is 1. The summed E-state index contributed by atoms with van der Waals surface area (Å²) in [5, 5.41) is 0. The first kappa shape index (κ1) is 15.2. The van der Waals surface area contributed by atoms with Crippen LogP contribution in [0.3, 0.4) is 0 Å². The minimum Gasteiger partial charge on any atom is -0.439 e. The van der Waals surface area contributed by atoms with Gasteiger partial charge in [-0.1, -0.05) is 18.3 Å². The lowest BCUT2D eigenvalue weighted by atomic mass is 10.2. The van der Waals surface area contributed by atoms with Crippen molar-refractivity contribution in [2.24, 2.45) is 5.73 Å². The van der Waals surface area contributed by atoms with Crippen molar-refractivity contribution < 1.29 is 17.9 Å². The van der Waals surface area contributed by atoms with Gasteiger partial charge in [-0.3, -0.25) is 0 Å². The minimum atomic E-state index is -4.43. The number of hydrogen-bond acceptors (Lipinski definition) is 3. The molecule has 0 fully saturated rings. The van der Waals surface area contributed by atoms with Crippen molar-refractivity contribution in [3.05, 3.63) is 53.2 Å². The van der Waals surface area contributed by atoms with Crippen molar-refractivity contribution in [2.75, 3.05) is 0 Å². The van der Waals surface area contributed by atoms with E-state index in [0.29, 0.717) is 11.3 Å². The Labute approximate surface area is 124 Å². The van der Waals surface area contributed by atoms with E-state index in [1.54, 1.807) is 13.0 Å². The fraction of sp³-hybridized carbons (Fsp3) is 0.143. The van der Waals surface area contributed by atoms with Gasteiger partial charge >= 0.3 is 6.18 Å². The van der Waals surface area contributed by atoms with Crippen LogP contribution in [-0.2, 0) is 6.18 Å². The van der Waals surface area contributed by atoms with Gasteiger partial charge in [-0.05, 0) is 31.2 Å². The van der Waals surface area contributed by atoms with E-state index >= 15 is 0 Å². The number of thiocarbonyl (C=S) groups is 1. The Hall–Kier alpha value is -2.15. The van der Waals surface area contributed by atoms with E-state index in [2.05, 4.69) is 4.98 Å². The third kappa shape index (κ3) is 3.91. The van der Waals surface area contributed by atoms with E-state index in [4.69, 9.17) is 22.7 Å². The first-order valence-corrected chi connectivity index (χ1v) is 6.30. The van der Waals surface area contributed by atoms with E-state index in [1.807, 2.05) is 0 Å². The van der Waals surface area contributed by atoms with Gasteiger partial charge in [0.25, 0.3) is 0 Å². The highest BCUT2D eigenvalue weighted by atomic mass is 32.1. The second kappa shape index (κ2) is 5.69. The molecule has 1 aromatic heterocycles. The summed E-state index contributed by atoms with van der Waals surface area (Å²) in [5.41, 5.74) is 5.88. The molecule has 0 aliphatic rings. The van der Waals surface area contributed by atoms with Gasteiger partial charge in [0.05, 0.1) is 5.56 Å². The van der Waals surface area contributed by atoms with Crippen molar-refractivity contribution in [1.29, 1.82) is 0 Å². The van der Waals surface area contributed by atoms with Crippen LogP contribution in [0.2, 0.25) is 0 Å². The summed E-state index contributed by atoms with van der Waals surface area (Å²) in [5.74, 6) is 0.175. The standard InChI is InChI=1S/C14H11F3N2OS/c1-8-5-9(13(18)21)6-12(19-8)20-11-4-2-3-10(7-11)14(15,16)17/h2-7H,1H3,(H2,18,21). The number of aryl methyl sites for hydroxylation is 1. The summed E-state index contributed by atoms with van der Waals surface area (Å²) in [6.45, 7) is 1.71. The van der Waals surface area contributed by atoms with Gasteiger partial charge in [-0.25, -0.2) is 4.98 Å². The van der Waals surface area contributed by atoms with Crippen molar-refractivity contribution in [3.63, 3.8) is 0 Å². The monoisotopic (exact) mass is 312 g/mol. The number of nitrogens with zero attached hydrogens (tertiary/aromatic N) is 1. The Morgan fingerprint density at radius 2 is 1.95 bits per heavy atom. The summed E-state index contributed by atoms with van der Waals surface area (Å²) in [6.07, 6.45) is -4.43. The maximum Gasteiger partial charge on any atom is 0.416 e. The highest BCUT2D eigenvalue weighted by molar-refractivity contribution is 7.80. The molecule has 2 rings (SSSR count). The molecule has 0 saturated heterocycles. The lowest BCUT2D eigenvalue weighted by molar-refractivity contribution is -0.137. The molecule has 0 bridgehead atoms. The molecular weight excluding hydrogens is 301 g/mol. The number of ether oxygens (including phenoxy) is 1. The Kier molecular flexibility index (Phi) is 4.13. The Bertz CT molecular complexity index is 686. The molecule has 21 heavy (non-hydrogen) atoms. The SMILES string of the molecule is Cc1cc(C(N)=S)cc(Oc2cccc(C(F)(F)F)c2)n1. The van der Waals surface area contributed by atoms with E-state index in [1.165, 1.54) is 18.2 Å². The third-order valence-electron chi connectivity index (χ3n) is 2.60. The molecule has 0 aliphatic carbocycles. The Morgan fingerprint density at radius 3 is 2.57 bits per heavy atom. The molecule has 3 nitrogen and oxygen atoms in total. The van der Waals surface area contributed by atoms with Gasteiger partial charge < -0.3 is 10.5 Å². The molecule has 0 spiro atoms. The van der Waals surface area contributed by atoms with Crippen LogP contribution in [0.15, 0.2) is 36.4 Å². The lowest BCUT2D eigenvalue weighted by Gasteiger charge is -2.10. The van der Waals surface area contributed by atoms with Crippen LogP contribution < -0.4 is 10.5 Å². The largest absolute Gasteiger partial charge is 0.439 e. The van der Waals surface area contributed by atoms with Crippen LogP contribution in [0.25, 0.3) is 0 Å². The molecule has 0 amide bonds. The summed E-state index contributed by atoms with van der Waals surface area (Å²) in [6, 6.07) is 7.71. The number of hydrogen-bond donors (Lipinski definition) is 1. The molecular formula is C14H11F3N2OS. The van der Waals surface area contributed by atoms with Crippen molar-refractivity contribution in [1.82, 2.24) is 4.98 Å². The maximum atomic E-state index is 12.6. The predicted molar refractivity (Wildman–Crippen MR) is 76.4 cm³/mol. The smallest absolute Gasteiger partial charge is 0.416 e. The quantitative estimate of drug-likeness (QED) is 0.875. The first-order valence-electron chi connectivity index (χ1n) is 5.89. The topological polar surface area (TPSA) is 48.1 Å². The van der Waals surface area contributed by atoms with Crippen molar-refractivity contribution in [3.8, 4) is 11.6 Å². The molecule has 2 aromatic rings. The number of halogens is 3. The molecule has 0 saturated carbocycles. The second-order valence-electron chi connectivity index (χ2n) is 4.33. The molecule has 0 atom stereocenters. The van der Waals surface area contributed by atoms with Gasteiger partial charge in [-0.15, -0.1) is 0 Å². The number of rotatable bonds is 3. The van der Waals surface area contributed by atoms with Crippen LogP contribution in [0.5, 0.6) is 11.6 Å². The zero-order chi connectivity index (χ0) is 15.6. The van der Waals surface area contributed by atoms with E-state index in [9.17, 15) is 13.2 Å². The van der Waals surface area contributed by atoms with Gasteiger partial charge in [0.2, 0.25) is 5.88 Å². The first-order chi connectivity index (χ1) is 9.75. The number of pyridine rings is 1. The van der Waals surface area contributed by atoms with Crippen LogP contribution in [0.4, 0.5) is 13.2 Å². The van der Waals surface area contributed by atoms with Gasteiger partial charge in [0.1, 0.15) is 10.7 Å². The fourth-order valence-corrected chi connectivity index (χ4v) is 1.81. The average Bonchev–Trinajstić information content (AvgIpc) is 2.37. The third-order valence-corrected chi connectivity index (χ3v) is 2.83. The van der Waals surface area contributed by atoms with Crippen LogP contribution in [0, 0.1) is 6.92 Å².